The molecule has 2 aliphatic carbocycles. The lowest BCUT2D eigenvalue weighted by atomic mass is 9.88. The van der Waals surface area contributed by atoms with E-state index in [9.17, 15) is 4.21 Å². The minimum Gasteiger partial charge on any atom is -0.259 e. The zero-order valence-corrected chi connectivity index (χ0v) is 24.6. The van der Waals surface area contributed by atoms with Crippen molar-refractivity contribution in [2.24, 2.45) is 22.1 Å². The average Bonchev–Trinajstić information content (AvgIpc) is 3.68. The number of aryl methyl sites for hydroxylation is 1. The first-order valence-electron chi connectivity index (χ1n) is 13.8. The van der Waals surface area contributed by atoms with E-state index in [1.165, 1.54) is 50.5 Å². The van der Waals surface area contributed by atoms with Crippen molar-refractivity contribution in [1.82, 2.24) is 0 Å². The van der Waals surface area contributed by atoms with Crippen LogP contribution in [-0.4, -0.2) is 22.8 Å². The van der Waals surface area contributed by atoms with Crippen molar-refractivity contribution in [2.75, 3.05) is 13.3 Å². The van der Waals surface area contributed by atoms with E-state index in [0.717, 1.165) is 35.9 Å². The first kappa shape index (κ1) is 32.7. The zero-order chi connectivity index (χ0) is 25.9. The van der Waals surface area contributed by atoms with Gasteiger partial charge in [-0.3, -0.25) is 4.21 Å². The Balaban J connectivity index is 0.000000596. The molecule has 0 spiro atoms. The molecule has 1 fully saturated rings. The van der Waals surface area contributed by atoms with Crippen LogP contribution in [0.25, 0.3) is 0 Å². The Kier molecular flexibility index (Phi) is 19.2. The Labute approximate surface area is 214 Å². The second kappa shape index (κ2) is 20.0. The molecular formula is C30H54N2OS. The van der Waals surface area contributed by atoms with Gasteiger partial charge in [0.05, 0.1) is 10.9 Å². The van der Waals surface area contributed by atoms with Crippen LogP contribution in [0.4, 0.5) is 5.69 Å². The van der Waals surface area contributed by atoms with Gasteiger partial charge in [-0.15, -0.1) is 0 Å². The van der Waals surface area contributed by atoms with Crippen LogP contribution in [0.3, 0.4) is 0 Å². The van der Waals surface area contributed by atoms with E-state index >= 15 is 0 Å². The third-order valence-corrected chi connectivity index (χ3v) is 7.70. The van der Waals surface area contributed by atoms with Gasteiger partial charge in [-0.2, -0.15) is 10.2 Å². The lowest BCUT2D eigenvalue weighted by molar-refractivity contribution is 0.480. The van der Waals surface area contributed by atoms with E-state index in [0.29, 0.717) is 5.92 Å². The van der Waals surface area contributed by atoms with Crippen molar-refractivity contribution >= 4 is 16.5 Å². The molecular weight excluding hydrogens is 436 g/mol. The van der Waals surface area contributed by atoms with Crippen molar-refractivity contribution in [3.63, 3.8) is 0 Å². The monoisotopic (exact) mass is 490 g/mol. The molecule has 3 nitrogen and oxygen atoms in total. The van der Waals surface area contributed by atoms with E-state index in [1.54, 1.807) is 13.3 Å². The maximum Gasteiger partial charge on any atom is 0.0884 e. The largest absolute Gasteiger partial charge is 0.259 e. The smallest absolute Gasteiger partial charge is 0.0884 e. The van der Waals surface area contributed by atoms with Crippen molar-refractivity contribution in [1.29, 1.82) is 0 Å². The normalized spacial score (nSPS) is 19.9. The fourth-order valence-corrected chi connectivity index (χ4v) is 4.86. The van der Waals surface area contributed by atoms with Crippen LogP contribution in [0.15, 0.2) is 40.6 Å². The van der Waals surface area contributed by atoms with Crippen LogP contribution < -0.4 is 0 Å². The van der Waals surface area contributed by atoms with Crippen molar-refractivity contribution in [3.05, 3.63) is 41.5 Å². The molecule has 1 aromatic carbocycles. The van der Waals surface area contributed by atoms with Gasteiger partial charge in [-0.1, -0.05) is 111 Å². The quantitative estimate of drug-likeness (QED) is 0.264. The molecule has 2 aliphatic rings. The van der Waals surface area contributed by atoms with Gasteiger partial charge in [0, 0.05) is 30.0 Å². The Hall–Kier alpha value is -1.29. The summed E-state index contributed by atoms with van der Waals surface area (Å²) in [6, 6.07) is 6.36. The molecule has 4 heteroatoms. The minimum atomic E-state index is -0.755. The second-order valence-corrected chi connectivity index (χ2v) is 11.1. The summed E-state index contributed by atoms with van der Waals surface area (Å²) in [4.78, 5) is 0. The standard InChI is InChI=1S/C15H20N2OS.C8H18.C5H10.C2H6/c1-11-4-5-13(10-15(11)17-16-2)12-6-8-14(9-7-12)19(3)18;1-4-6-8(3)7-5-2;1-2-5-3-4-5;1-2/h4-6,8,10,12,14H,7,9H2,1-3H3;8H,4-7H2,1-3H3;5H,2-4H2,1H3;1-2H3. The van der Waals surface area contributed by atoms with Crippen LogP contribution in [0, 0.1) is 18.8 Å². The summed E-state index contributed by atoms with van der Waals surface area (Å²) < 4.78 is 11.5. The van der Waals surface area contributed by atoms with Crippen molar-refractivity contribution in [2.45, 2.75) is 117 Å². The molecule has 3 unspecified atom stereocenters. The Bertz CT molecular complexity index is 719. The molecule has 0 saturated heterocycles. The molecule has 0 radical (unpaired) electrons. The highest BCUT2D eigenvalue weighted by Crippen LogP contribution is 2.33. The highest BCUT2D eigenvalue weighted by molar-refractivity contribution is 7.85. The fourth-order valence-electron chi connectivity index (χ4n) is 4.08. The van der Waals surface area contributed by atoms with Gasteiger partial charge in [-0.05, 0) is 48.8 Å². The van der Waals surface area contributed by atoms with Crippen molar-refractivity contribution in [3.8, 4) is 0 Å². The summed E-state index contributed by atoms with van der Waals surface area (Å²) in [6.45, 7) is 15.2. The Morgan fingerprint density at radius 1 is 1.00 bits per heavy atom. The fraction of sp³-hybridized carbons (Fsp3) is 0.733. The SMILES string of the molecule is CC.CCC1CC1.CCCC(C)CCC.CN=Nc1cc(C2C=CC(S(C)=O)CC2)ccc1C. The number of rotatable bonds is 8. The summed E-state index contributed by atoms with van der Waals surface area (Å²) in [7, 11) is 0.934. The lowest BCUT2D eigenvalue weighted by Gasteiger charge is -2.22. The van der Waals surface area contributed by atoms with E-state index in [-0.39, 0.29) is 5.25 Å². The molecule has 1 saturated carbocycles. The van der Waals surface area contributed by atoms with Crippen LogP contribution in [0.1, 0.15) is 116 Å². The summed E-state index contributed by atoms with van der Waals surface area (Å²) in [6.07, 6.45) is 18.1. The summed E-state index contributed by atoms with van der Waals surface area (Å²) in [5.41, 5.74) is 3.35. The molecule has 196 valence electrons. The summed E-state index contributed by atoms with van der Waals surface area (Å²) in [5, 5.41) is 8.23. The lowest BCUT2D eigenvalue weighted by Crippen LogP contribution is -2.16. The maximum absolute atomic E-state index is 11.5. The average molecular weight is 491 g/mol. The van der Waals surface area contributed by atoms with Gasteiger partial charge in [0.1, 0.15) is 0 Å². The van der Waals surface area contributed by atoms with E-state index in [2.05, 4.69) is 68.3 Å². The topological polar surface area (TPSA) is 41.8 Å². The molecule has 0 amide bonds. The molecule has 1 aromatic rings. The molecule has 3 rings (SSSR count). The van der Waals surface area contributed by atoms with Gasteiger partial charge >= 0.3 is 0 Å². The van der Waals surface area contributed by atoms with E-state index in [1.807, 2.05) is 20.8 Å². The van der Waals surface area contributed by atoms with E-state index < -0.39 is 10.8 Å². The van der Waals surface area contributed by atoms with Gasteiger partial charge in [0.2, 0.25) is 0 Å². The second-order valence-electron chi connectivity index (χ2n) is 9.49. The summed E-state index contributed by atoms with van der Waals surface area (Å²) in [5.74, 6) is 2.51. The third-order valence-electron chi connectivity index (χ3n) is 6.45. The molecule has 0 N–H and O–H groups in total. The number of benzene rings is 1. The van der Waals surface area contributed by atoms with Crippen LogP contribution in [-0.2, 0) is 10.8 Å². The highest BCUT2D eigenvalue weighted by atomic mass is 32.2. The Morgan fingerprint density at radius 2 is 1.62 bits per heavy atom. The highest BCUT2D eigenvalue weighted by Gasteiger charge is 2.20. The Morgan fingerprint density at radius 3 is 2.00 bits per heavy atom. The van der Waals surface area contributed by atoms with Crippen LogP contribution in [0.5, 0.6) is 0 Å². The van der Waals surface area contributed by atoms with Gasteiger partial charge in [0.15, 0.2) is 0 Å². The number of nitrogens with zero attached hydrogens (tertiary/aromatic N) is 2. The predicted molar refractivity (Wildman–Crippen MR) is 154 cm³/mol. The maximum atomic E-state index is 11.5. The van der Waals surface area contributed by atoms with Crippen molar-refractivity contribution < 1.29 is 4.21 Å². The molecule has 34 heavy (non-hydrogen) atoms. The first-order valence-corrected chi connectivity index (χ1v) is 15.4. The minimum absolute atomic E-state index is 0.219. The molecule has 3 atom stereocenters. The molecule has 0 aliphatic heterocycles. The summed E-state index contributed by atoms with van der Waals surface area (Å²) >= 11 is 0. The van der Waals surface area contributed by atoms with Gasteiger partial charge < -0.3 is 0 Å². The number of allylic oxidation sites excluding steroid dienone is 1. The third kappa shape index (κ3) is 14.2. The number of hydrogen-bond donors (Lipinski definition) is 0. The van der Waals surface area contributed by atoms with Crippen LogP contribution >= 0.6 is 0 Å². The molecule has 0 aromatic heterocycles. The zero-order valence-electron chi connectivity index (χ0n) is 23.8. The first-order chi connectivity index (χ1) is 16.4. The van der Waals surface area contributed by atoms with Crippen LogP contribution in [0.2, 0.25) is 0 Å². The molecule has 0 bridgehead atoms. The van der Waals surface area contributed by atoms with E-state index in [4.69, 9.17) is 0 Å². The number of hydrogen-bond acceptors (Lipinski definition) is 3. The number of azo groups is 1. The molecule has 0 heterocycles. The van der Waals surface area contributed by atoms with Gasteiger partial charge in [0.25, 0.3) is 0 Å². The predicted octanol–water partition coefficient (Wildman–Crippen LogP) is 9.94. The van der Waals surface area contributed by atoms with Gasteiger partial charge in [-0.25, -0.2) is 0 Å².